The summed E-state index contributed by atoms with van der Waals surface area (Å²) in [6, 6.07) is 62.9. The van der Waals surface area contributed by atoms with Gasteiger partial charge in [-0.25, -0.2) is 0 Å². The normalized spacial score (nSPS) is 12.4. The Bertz CT molecular complexity index is 3360. The first-order valence-electron chi connectivity index (χ1n) is 17.4. The molecule has 50 heavy (non-hydrogen) atoms. The molecule has 0 aliphatic carbocycles. The molecule has 2 aromatic heterocycles. The summed E-state index contributed by atoms with van der Waals surface area (Å²) in [5.74, 6) is 0. The van der Waals surface area contributed by atoms with Gasteiger partial charge in [-0.15, -0.1) is 0 Å². The summed E-state index contributed by atoms with van der Waals surface area (Å²) in [5.41, 5.74) is 7.23. The fraction of sp³-hybridized carbons (Fsp3) is 0. The van der Waals surface area contributed by atoms with Gasteiger partial charge in [-0.05, 0) is 102 Å². The van der Waals surface area contributed by atoms with Gasteiger partial charge >= 0.3 is 0 Å². The van der Waals surface area contributed by atoms with E-state index in [0.717, 1.165) is 0 Å². The fourth-order valence-electron chi connectivity index (χ4n) is 9.19. The highest BCUT2D eigenvalue weighted by atomic mass is 15.0. The molecular formula is C48H28N2. The molecule has 0 radical (unpaired) electrons. The van der Waals surface area contributed by atoms with Gasteiger partial charge in [0, 0.05) is 32.9 Å². The maximum Gasteiger partial charge on any atom is 0.0548 e. The minimum atomic E-state index is 1.17. The highest BCUT2D eigenvalue weighted by Crippen LogP contribution is 2.46. The van der Waals surface area contributed by atoms with Crippen LogP contribution in [0.5, 0.6) is 0 Å². The van der Waals surface area contributed by atoms with Crippen LogP contribution in [0.2, 0.25) is 0 Å². The van der Waals surface area contributed by atoms with E-state index >= 15 is 0 Å². The number of rotatable bonds is 2. The monoisotopic (exact) mass is 632 g/mol. The van der Waals surface area contributed by atoms with E-state index in [0.29, 0.717) is 0 Å². The van der Waals surface area contributed by atoms with Gasteiger partial charge in [0.1, 0.15) is 0 Å². The molecule has 10 aromatic carbocycles. The lowest BCUT2D eigenvalue weighted by Crippen LogP contribution is -1.95. The second-order valence-corrected chi connectivity index (χ2v) is 13.7. The number of fused-ring (bicyclic) bond motifs is 12. The van der Waals surface area contributed by atoms with Crippen molar-refractivity contribution >= 4 is 97.5 Å². The van der Waals surface area contributed by atoms with E-state index in [-0.39, 0.29) is 0 Å². The van der Waals surface area contributed by atoms with Crippen molar-refractivity contribution in [3.63, 3.8) is 0 Å². The molecule has 2 nitrogen and oxygen atoms in total. The molecule has 0 spiro atoms. The predicted molar refractivity (Wildman–Crippen MR) is 214 cm³/mol. The van der Waals surface area contributed by atoms with Crippen LogP contribution >= 0.6 is 0 Å². The zero-order chi connectivity index (χ0) is 32.5. The molecule has 0 amide bonds. The van der Waals surface area contributed by atoms with E-state index < -0.39 is 0 Å². The molecule has 0 saturated carbocycles. The molecule has 0 N–H and O–H groups in total. The summed E-state index contributed by atoms with van der Waals surface area (Å²) in [6.45, 7) is 0. The summed E-state index contributed by atoms with van der Waals surface area (Å²) < 4.78 is 4.90. The molecule has 0 unspecified atom stereocenters. The maximum atomic E-state index is 2.48. The third kappa shape index (κ3) is 3.28. The Balaban J connectivity index is 1.22. The summed E-state index contributed by atoms with van der Waals surface area (Å²) in [5, 5.41) is 18.3. The summed E-state index contributed by atoms with van der Waals surface area (Å²) in [7, 11) is 0. The molecule has 0 atom stereocenters. The zero-order valence-electron chi connectivity index (χ0n) is 27.1. The Morgan fingerprint density at radius 1 is 0.220 bits per heavy atom. The van der Waals surface area contributed by atoms with E-state index in [1.54, 1.807) is 0 Å². The lowest BCUT2D eigenvalue weighted by molar-refractivity contribution is 1.18. The van der Waals surface area contributed by atoms with Gasteiger partial charge in [-0.3, -0.25) is 0 Å². The average molecular weight is 633 g/mol. The topological polar surface area (TPSA) is 9.86 Å². The van der Waals surface area contributed by atoms with Gasteiger partial charge in [0.15, 0.2) is 0 Å². The first-order chi connectivity index (χ1) is 24.8. The Morgan fingerprint density at radius 3 is 1.20 bits per heavy atom. The van der Waals surface area contributed by atoms with Crippen LogP contribution in [0, 0.1) is 0 Å². The van der Waals surface area contributed by atoms with Crippen LogP contribution in [-0.2, 0) is 0 Å². The Hall–Kier alpha value is -6.64. The number of para-hydroxylation sites is 3. The first kappa shape index (κ1) is 26.3. The molecule has 12 aromatic rings. The van der Waals surface area contributed by atoms with Crippen LogP contribution < -0.4 is 0 Å². The molecule has 2 heteroatoms. The highest BCUT2D eigenvalue weighted by Gasteiger charge is 2.20. The summed E-state index contributed by atoms with van der Waals surface area (Å²) in [6.07, 6.45) is 0. The third-order valence-corrected chi connectivity index (χ3v) is 11.2. The highest BCUT2D eigenvalue weighted by molar-refractivity contribution is 6.40. The van der Waals surface area contributed by atoms with Crippen LogP contribution in [0.1, 0.15) is 0 Å². The Morgan fingerprint density at radius 2 is 0.640 bits per heavy atom. The second-order valence-electron chi connectivity index (χ2n) is 13.7. The molecule has 0 aliphatic heterocycles. The maximum absolute atomic E-state index is 2.48. The smallest absolute Gasteiger partial charge is 0.0548 e. The van der Waals surface area contributed by atoms with Gasteiger partial charge in [-0.1, -0.05) is 121 Å². The van der Waals surface area contributed by atoms with Crippen molar-refractivity contribution in [2.45, 2.75) is 0 Å². The lowest BCUT2D eigenvalue weighted by atomic mass is 9.86. The molecule has 2 heterocycles. The minimum absolute atomic E-state index is 1.17. The Labute approximate surface area is 286 Å². The quantitative estimate of drug-likeness (QED) is 0.133. The van der Waals surface area contributed by atoms with Gasteiger partial charge in [0.05, 0.1) is 22.1 Å². The van der Waals surface area contributed by atoms with Gasteiger partial charge in [0.2, 0.25) is 0 Å². The second kappa shape index (κ2) is 9.49. The van der Waals surface area contributed by atoms with E-state index in [9.17, 15) is 0 Å². The molecular weight excluding hydrogens is 605 g/mol. The fourth-order valence-corrected chi connectivity index (χ4v) is 9.19. The van der Waals surface area contributed by atoms with Crippen LogP contribution in [0.3, 0.4) is 0 Å². The largest absolute Gasteiger partial charge is 0.309 e. The van der Waals surface area contributed by atoms with Crippen molar-refractivity contribution in [1.29, 1.82) is 0 Å². The number of hydrogen-bond acceptors (Lipinski definition) is 0. The molecule has 0 aliphatic rings. The van der Waals surface area contributed by atoms with E-state index in [1.807, 2.05) is 0 Å². The number of benzene rings is 10. The van der Waals surface area contributed by atoms with Gasteiger partial charge < -0.3 is 9.13 Å². The van der Waals surface area contributed by atoms with Crippen LogP contribution in [0.4, 0.5) is 0 Å². The third-order valence-electron chi connectivity index (χ3n) is 11.2. The molecule has 0 fully saturated rings. The van der Waals surface area contributed by atoms with Gasteiger partial charge in [0.25, 0.3) is 0 Å². The summed E-state index contributed by atoms with van der Waals surface area (Å²) >= 11 is 0. The predicted octanol–water partition coefficient (Wildman–Crippen LogP) is 13.1. The van der Waals surface area contributed by atoms with Gasteiger partial charge in [-0.2, -0.15) is 0 Å². The van der Waals surface area contributed by atoms with Crippen molar-refractivity contribution in [3.8, 4) is 11.4 Å². The van der Waals surface area contributed by atoms with Crippen molar-refractivity contribution in [2.75, 3.05) is 0 Å². The number of aromatic nitrogens is 2. The van der Waals surface area contributed by atoms with Crippen molar-refractivity contribution in [1.82, 2.24) is 9.13 Å². The van der Waals surface area contributed by atoms with Crippen molar-refractivity contribution < 1.29 is 0 Å². The number of nitrogens with zero attached hydrogens (tertiary/aromatic N) is 2. The average Bonchev–Trinajstić information content (AvgIpc) is 3.69. The van der Waals surface area contributed by atoms with Crippen LogP contribution in [-0.4, -0.2) is 9.13 Å². The molecule has 0 saturated heterocycles. The van der Waals surface area contributed by atoms with Crippen LogP contribution in [0.25, 0.3) is 109 Å². The van der Waals surface area contributed by atoms with E-state index in [4.69, 9.17) is 0 Å². The lowest BCUT2D eigenvalue weighted by Gasteiger charge is -2.18. The first-order valence-corrected chi connectivity index (χ1v) is 17.4. The standard InChI is InChI=1S/C48H28N2/c1-2-12-29(13-3-1)49-43-22-8-6-16-34(43)41-28-46-42(27-45(41)49)35-17-7-9-23-44(35)50(46)30-24-25-33-38-20-10-18-36-31-14-4-5-15-32(31)37-19-11-21-39(40(33)26-30)48(37)47(36)38/h1-28H. The van der Waals surface area contributed by atoms with Crippen LogP contribution in [0.15, 0.2) is 170 Å². The van der Waals surface area contributed by atoms with Crippen molar-refractivity contribution in [3.05, 3.63) is 170 Å². The minimum Gasteiger partial charge on any atom is -0.309 e. The zero-order valence-corrected chi connectivity index (χ0v) is 27.1. The number of hydrogen-bond donors (Lipinski definition) is 0. The molecule has 0 bridgehead atoms. The SMILES string of the molecule is c1ccc(-n2c3ccccc3c3cc4c(cc32)c2ccccc2n4-c2ccc3c(c2)c2cccc4c5ccccc5c5cccc3c5c42)cc1. The van der Waals surface area contributed by atoms with E-state index in [1.165, 1.54) is 109 Å². The van der Waals surface area contributed by atoms with E-state index in [2.05, 4.69) is 179 Å². The Kier molecular flexibility index (Phi) is 5.00. The summed E-state index contributed by atoms with van der Waals surface area (Å²) in [4.78, 5) is 0. The van der Waals surface area contributed by atoms with Crippen molar-refractivity contribution in [2.24, 2.45) is 0 Å². The molecule has 12 rings (SSSR count). The molecule has 230 valence electrons.